The molecule has 128 valence electrons. The predicted octanol–water partition coefficient (Wildman–Crippen LogP) is 2.12. The molecular weight excluding hydrogens is 327 g/mol. The fourth-order valence-corrected chi connectivity index (χ4v) is 1.92. The van der Waals surface area contributed by atoms with Crippen LogP contribution in [0, 0.1) is 5.82 Å². The van der Waals surface area contributed by atoms with Crippen molar-refractivity contribution >= 4 is 29.5 Å². The van der Waals surface area contributed by atoms with E-state index in [1.54, 1.807) is 12.1 Å². The number of carbonyl (C=O) groups excluding carboxylic acids is 3. The molecule has 0 spiro atoms. The Balaban J connectivity index is 1.86. The van der Waals surface area contributed by atoms with Crippen molar-refractivity contribution in [1.29, 1.82) is 0 Å². The average Bonchev–Trinajstić information content (AvgIpc) is 2.59. The Kier molecular flexibility index (Phi) is 6.00. The van der Waals surface area contributed by atoms with Crippen molar-refractivity contribution in [3.63, 3.8) is 0 Å². The smallest absolute Gasteiger partial charge is 0.331 e. The number of hydrogen-bond acceptors (Lipinski definition) is 4. The third kappa shape index (κ3) is 5.58. The maximum absolute atomic E-state index is 12.8. The first-order valence-electron chi connectivity index (χ1n) is 7.25. The molecule has 0 radical (unpaired) electrons. The van der Waals surface area contributed by atoms with Gasteiger partial charge in [0.15, 0.2) is 6.61 Å². The summed E-state index contributed by atoms with van der Waals surface area (Å²) in [4.78, 5) is 34.6. The first kappa shape index (κ1) is 17.9. The maximum atomic E-state index is 12.8. The summed E-state index contributed by atoms with van der Waals surface area (Å²) >= 11 is 0. The van der Waals surface area contributed by atoms with Gasteiger partial charge < -0.3 is 15.8 Å². The molecule has 0 aliphatic heterocycles. The topological polar surface area (TPSA) is 98.5 Å². The lowest BCUT2D eigenvalue weighted by atomic mass is 10.1. The van der Waals surface area contributed by atoms with Gasteiger partial charge in [0.2, 0.25) is 0 Å². The van der Waals surface area contributed by atoms with Gasteiger partial charge in [-0.25, -0.2) is 9.18 Å². The number of para-hydroxylation sites is 1. The number of amides is 2. The molecule has 0 fully saturated rings. The van der Waals surface area contributed by atoms with E-state index in [0.717, 1.165) is 6.08 Å². The normalized spacial score (nSPS) is 10.4. The largest absolute Gasteiger partial charge is 0.452 e. The Morgan fingerprint density at radius 2 is 1.76 bits per heavy atom. The maximum Gasteiger partial charge on any atom is 0.331 e. The summed E-state index contributed by atoms with van der Waals surface area (Å²) in [6, 6.07) is 11.7. The number of carbonyl (C=O) groups is 3. The molecule has 7 heteroatoms. The van der Waals surface area contributed by atoms with E-state index in [0.29, 0.717) is 5.56 Å². The molecule has 0 atom stereocenters. The van der Waals surface area contributed by atoms with E-state index in [-0.39, 0.29) is 17.1 Å². The molecule has 3 N–H and O–H groups in total. The molecular formula is C18H15FN2O4. The van der Waals surface area contributed by atoms with Crippen LogP contribution in [0.15, 0.2) is 54.6 Å². The second-order valence-electron chi connectivity index (χ2n) is 4.95. The van der Waals surface area contributed by atoms with Gasteiger partial charge in [0, 0.05) is 6.08 Å². The summed E-state index contributed by atoms with van der Waals surface area (Å²) in [5.74, 6) is -2.41. The monoisotopic (exact) mass is 342 g/mol. The third-order valence-corrected chi connectivity index (χ3v) is 3.09. The highest BCUT2D eigenvalue weighted by Crippen LogP contribution is 2.14. The number of hydrogen-bond donors (Lipinski definition) is 2. The molecule has 0 saturated heterocycles. The molecule has 0 aliphatic carbocycles. The van der Waals surface area contributed by atoms with Crippen LogP contribution in [0.2, 0.25) is 0 Å². The summed E-state index contributed by atoms with van der Waals surface area (Å²) < 4.78 is 17.6. The zero-order valence-electron chi connectivity index (χ0n) is 13.1. The summed E-state index contributed by atoms with van der Waals surface area (Å²) in [6.45, 7) is -0.528. The van der Waals surface area contributed by atoms with Crippen LogP contribution in [-0.4, -0.2) is 24.4 Å². The second kappa shape index (κ2) is 8.39. The highest BCUT2D eigenvalue weighted by molar-refractivity contribution is 6.03. The fraction of sp³-hybridized carbons (Fsp3) is 0.0556. The highest BCUT2D eigenvalue weighted by atomic mass is 19.1. The van der Waals surface area contributed by atoms with Crippen molar-refractivity contribution in [2.75, 3.05) is 11.9 Å². The number of rotatable bonds is 6. The van der Waals surface area contributed by atoms with Gasteiger partial charge in [0.25, 0.3) is 11.8 Å². The lowest BCUT2D eigenvalue weighted by Crippen LogP contribution is -2.22. The standard InChI is InChI=1S/C18H15FN2O4/c19-13-8-5-12(6-9-13)7-10-17(23)25-11-16(22)21-15-4-2-1-3-14(15)18(20)24/h1-10H,11H2,(H2,20,24)(H,21,22)/b10-7+. The summed E-state index contributed by atoms with van der Waals surface area (Å²) in [5, 5.41) is 2.44. The molecule has 0 unspecified atom stereocenters. The van der Waals surface area contributed by atoms with E-state index in [2.05, 4.69) is 5.32 Å². The second-order valence-corrected chi connectivity index (χ2v) is 4.95. The molecule has 0 aliphatic rings. The van der Waals surface area contributed by atoms with Crippen molar-refractivity contribution in [2.24, 2.45) is 5.73 Å². The molecule has 2 aromatic carbocycles. The first-order chi connectivity index (χ1) is 12.0. The molecule has 0 heterocycles. The summed E-state index contributed by atoms with van der Waals surface area (Å²) in [6.07, 6.45) is 2.56. The fourth-order valence-electron chi connectivity index (χ4n) is 1.92. The van der Waals surface area contributed by atoms with Crippen LogP contribution < -0.4 is 11.1 Å². The van der Waals surface area contributed by atoms with Crippen LogP contribution in [0.3, 0.4) is 0 Å². The minimum atomic E-state index is -0.734. The van der Waals surface area contributed by atoms with Gasteiger partial charge in [0.05, 0.1) is 11.3 Å². The Hall–Kier alpha value is -3.48. The molecule has 2 rings (SSSR count). The molecule has 6 nitrogen and oxygen atoms in total. The molecule has 2 amide bonds. The highest BCUT2D eigenvalue weighted by Gasteiger charge is 2.11. The zero-order valence-corrected chi connectivity index (χ0v) is 13.1. The number of primary amides is 1. The van der Waals surface area contributed by atoms with Gasteiger partial charge in [-0.05, 0) is 35.9 Å². The van der Waals surface area contributed by atoms with Crippen LogP contribution in [0.5, 0.6) is 0 Å². The van der Waals surface area contributed by atoms with Gasteiger partial charge in [-0.2, -0.15) is 0 Å². The predicted molar refractivity (Wildman–Crippen MR) is 90.0 cm³/mol. The SMILES string of the molecule is NC(=O)c1ccccc1NC(=O)COC(=O)/C=C/c1ccc(F)cc1. The van der Waals surface area contributed by atoms with Crippen molar-refractivity contribution in [2.45, 2.75) is 0 Å². The Morgan fingerprint density at radius 3 is 2.44 bits per heavy atom. The number of ether oxygens (including phenoxy) is 1. The van der Waals surface area contributed by atoms with Gasteiger partial charge >= 0.3 is 5.97 Å². The van der Waals surface area contributed by atoms with Crippen LogP contribution in [-0.2, 0) is 14.3 Å². The van der Waals surface area contributed by atoms with E-state index in [4.69, 9.17) is 10.5 Å². The molecule has 0 aromatic heterocycles. The average molecular weight is 342 g/mol. The van der Waals surface area contributed by atoms with E-state index >= 15 is 0 Å². The minimum Gasteiger partial charge on any atom is -0.452 e. The zero-order chi connectivity index (χ0) is 18.2. The van der Waals surface area contributed by atoms with Gasteiger partial charge in [-0.1, -0.05) is 24.3 Å². The van der Waals surface area contributed by atoms with Crippen molar-refractivity contribution in [1.82, 2.24) is 0 Å². The lowest BCUT2D eigenvalue weighted by Gasteiger charge is -2.08. The van der Waals surface area contributed by atoms with Crippen LogP contribution in [0.1, 0.15) is 15.9 Å². The van der Waals surface area contributed by atoms with E-state index < -0.39 is 24.4 Å². The van der Waals surface area contributed by atoms with E-state index in [1.807, 2.05) is 0 Å². The third-order valence-electron chi connectivity index (χ3n) is 3.09. The van der Waals surface area contributed by atoms with Crippen molar-refractivity contribution in [3.05, 3.63) is 71.6 Å². The number of nitrogens with two attached hydrogens (primary N) is 1. The lowest BCUT2D eigenvalue weighted by molar-refractivity contribution is -0.142. The Bertz CT molecular complexity index is 816. The van der Waals surface area contributed by atoms with Crippen LogP contribution in [0.25, 0.3) is 6.08 Å². The minimum absolute atomic E-state index is 0.151. The van der Waals surface area contributed by atoms with Gasteiger partial charge in [-0.3, -0.25) is 9.59 Å². The summed E-state index contributed by atoms with van der Waals surface area (Å²) in [7, 11) is 0. The molecule has 0 bridgehead atoms. The Morgan fingerprint density at radius 1 is 1.08 bits per heavy atom. The van der Waals surface area contributed by atoms with E-state index in [1.165, 1.54) is 42.5 Å². The van der Waals surface area contributed by atoms with Gasteiger partial charge in [-0.15, -0.1) is 0 Å². The number of anilines is 1. The molecule has 2 aromatic rings. The Labute approximate surface area is 143 Å². The first-order valence-corrected chi connectivity index (χ1v) is 7.25. The van der Waals surface area contributed by atoms with Crippen molar-refractivity contribution in [3.8, 4) is 0 Å². The number of halogens is 1. The number of benzene rings is 2. The van der Waals surface area contributed by atoms with Crippen LogP contribution >= 0.6 is 0 Å². The van der Waals surface area contributed by atoms with Crippen LogP contribution in [0.4, 0.5) is 10.1 Å². The van der Waals surface area contributed by atoms with E-state index in [9.17, 15) is 18.8 Å². The number of esters is 1. The van der Waals surface area contributed by atoms with Gasteiger partial charge in [0.1, 0.15) is 5.82 Å². The molecule has 25 heavy (non-hydrogen) atoms. The summed E-state index contributed by atoms with van der Waals surface area (Å²) in [5.41, 5.74) is 6.20. The number of nitrogens with one attached hydrogen (secondary N) is 1. The van der Waals surface area contributed by atoms with Crippen molar-refractivity contribution < 1.29 is 23.5 Å². The quantitative estimate of drug-likeness (QED) is 0.620. The molecule has 0 saturated carbocycles.